The Morgan fingerprint density at radius 1 is 1.35 bits per heavy atom. The van der Waals surface area contributed by atoms with Gasteiger partial charge in [-0.2, -0.15) is 0 Å². The lowest BCUT2D eigenvalue weighted by molar-refractivity contribution is 0.102. The molecule has 23 heavy (non-hydrogen) atoms. The third-order valence-corrected chi connectivity index (χ3v) is 4.30. The summed E-state index contributed by atoms with van der Waals surface area (Å²) in [6, 6.07) is 9.35. The number of nitrogens with one attached hydrogen (secondary N) is 1. The summed E-state index contributed by atoms with van der Waals surface area (Å²) in [4.78, 5) is 16.5. The van der Waals surface area contributed by atoms with Crippen molar-refractivity contribution in [2.24, 2.45) is 0 Å². The van der Waals surface area contributed by atoms with Crippen LogP contribution in [0.15, 0.2) is 36.4 Å². The summed E-state index contributed by atoms with van der Waals surface area (Å²) in [6.07, 6.45) is 0. The van der Waals surface area contributed by atoms with E-state index in [0.717, 1.165) is 22.0 Å². The van der Waals surface area contributed by atoms with Crippen LogP contribution in [0.25, 0.3) is 10.2 Å². The van der Waals surface area contributed by atoms with Crippen LogP contribution in [0.5, 0.6) is 5.75 Å². The van der Waals surface area contributed by atoms with Crippen molar-refractivity contribution in [1.82, 2.24) is 4.98 Å². The van der Waals surface area contributed by atoms with Gasteiger partial charge in [-0.05, 0) is 43.3 Å². The molecule has 0 aliphatic heterocycles. The van der Waals surface area contributed by atoms with Crippen LogP contribution in [-0.2, 0) is 0 Å². The van der Waals surface area contributed by atoms with E-state index >= 15 is 0 Å². The predicted octanol–water partition coefficient (Wildman–Crippen LogP) is 4.74. The first-order valence-electron chi connectivity index (χ1n) is 6.86. The van der Waals surface area contributed by atoms with Crippen LogP contribution < -0.4 is 10.1 Å². The van der Waals surface area contributed by atoms with Crippen LogP contribution in [0.4, 0.5) is 9.52 Å². The maximum atomic E-state index is 13.1. The lowest BCUT2D eigenvalue weighted by Crippen LogP contribution is -2.11. The summed E-state index contributed by atoms with van der Waals surface area (Å²) in [6.45, 7) is 2.50. The molecule has 0 fully saturated rings. The van der Waals surface area contributed by atoms with Crippen LogP contribution in [0.2, 0.25) is 5.02 Å². The van der Waals surface area contributed by atoms with E-state index in [1.165, 1.54) is 23.5 Å². The van der Waals surface area contributed by atoms with Gasteiger partial charge in [0.25, 0.3) is 5.91 Å². The second-order valence-electron chi connectivity index (χ2n) is 4.66. The zero-order valence-electron chi connectivity index (χ0n) is 12.1. The lowest BCUT2D eigenvalue weighted by Gasteiger charge is -2.02. The highest BCUT2D eigenvalue weighted by Crippen LogP contribution is 2.29. The number of rotatable bonds is 4. The number of halogens is 2. The second-order valence-corrected chi connectivity index (χ2v) is 6.10. The predicted molar refractivity (Wildman–Crippen MR) is 90.2 cm³/mol. The molecule has 0 spiro atoms. The zero-order chi connectivity index (χ0) is 16.4. The molecule has 3 rings (SSSR count). The highest BCUT2D eigenvalue weighted by atomic mass is 35.5. The fourth-order valence-electron chi connectivity index (χ4n) is 2.02. The van der Waals surface area contributed by atoms with Crippen molar-refractivity contribution in [3.63, 3.8) is 0 Å². The number of carbonyl (C=O) groups excluding carboxylic acids is 1. The van der Waals surface area contributed by atoms with Crippen molar-refractivity contribution >= 4 is 44.2 Å². The summed E-state index contributed by atoms with van der Waals surface area (Å²) in [5.74, 6) is -0.200. The normalized spacial score (nSPS) is 10.7. The Morgan fingerprint density at radius 2 is 2.17 bits per heavy atom. The maximum Gasteiger partial charge on any atom is 0.257 e. The van der Waals surface area contributed by atoms with Crippen LogP contribution in [0.3, 0.4) is 0 Å². The van der Waals surface area contributed by atoms with Gasteiger partial charge in [0, 0.05) is 5.56 Å². The summed E-state index contributed by atoms with van der Waals surface area (Å²) in [5, 5.41) is 3.06. The Balaban J connectivity index is 1.82. The third-order valence-electron chi connectivity index (χ3n) is 3.07. The van der Waals surface area contributed by atoms with Crippen molar-refractivity contribution in [2.75, 3.05) is 11.9 Å². The van der Waals surface area contributed by atoms with Gasteiger partial charge in [0.1, 0.15) is 11.6 Å². The fraction of sp³-hybridized carbons (Fsp3) is 0.125. The maximum absolute atomic E-state index is 13.1. The number of amides is 1. The average Bonchev–Trinajstić information content (AvgIpc) is 2.91. The number of anilines is 1. The highest BCUT2D eigenvalue weighted by Gasteiger charge is 2.12. The van der Waals surface area contributed by atoms with E-state index in [2.05, 4.69) is 10.3 Å². The first-order chi connectivity index (χ1) is 11.1. The molecule has 3 aromatic rings. The molecule has 0 saturated heterocycles. The quantitative estimate of drug-likeness (QED) is 0.739. The van der Waals surface area contributed by atoms with Gasteiger partial charge >= 0.3 is 0 Å². The van der Waals surface area contributed by atoms with Gasteiger partial charge in [-0.1, -0.05) is 22.9 Å². The van der Waals surface area contributed by atoms with Gasteiger partial charge in [0.15, 0.2) is 5.13 Å². The Kier molecular flexibility index (Phi) is 4.45. The minimum atomic E-state index is -0.563. The van der Waals surface area contributed by atoms with Crippen LogP contribution >= 0.6 is 22.9 Å². The van der Waals surface area contributed by atoms with Gasteiger partial charge in [-0.15, -0.1) is 0 Å². The standard InChI is InChI=1S/C16H12ClFN2O2S/c1-2-22-10-4-6-13-14(8-10)23-16(19-13)20-15(21)9-3-5-12(18)11(17)7-9/h3-8H,2H2,1H3,(H,19,20,21). The minimum absolute atomic E-state index is 0.0942. The Morgan fingerprint density at radius 3 is 2.91 bits per heavy atom. The molecule has 0 saturated carbocycles. The molecule has 118 valence electrons. The fourth-order valence-corrected chi connectivity index (χ4v) is 3.09. The number of nitrogens with zero attached hydrogens (tertiary/aromatic N) is 1. The van der Waals surface area contributed by atoms with Crippen molar-refractivity contribution in [1.29, 1.82) is 0 Å². The SMILES string of the molecule is CCOc1ccc2nc(NC(=O)c3ccc(F)c(Cl)c3)sc2c1. The first kappa shape index (κ1) is 15.7. The molecule has 1 heterocycles. The van der Waals surface area contributed by atoms with E-state index in [1.54, 1.807) is 0 Å². The number of hydrogen-bond acceptors (Lipinski definition) is 4. The second kappa shape index (κ2) is 6.52. The topological polar surface area (TPSA) is 51.2 Å². The van der Waals surface area contributed by atoms with Gasteiger partial charge in [0.05, 0.1) is 21.8 Å². The molecule has 2 aromatic carbocycles. The van der Waals surface area contributed by atoms with Crippen molar-refractivity contribution in [2.45, 2.75) is 6.92 Å². The van der Waals surface area contributed by atoms with E-state index in [-0.39, 0.29) is 10.6 Å². The van der Waals surface area contributed by atoms with Gasteiger partial charge < -0.3 is 4.74 Å². The summed E-state index contributed by atoms with van der Waals surface area (Å²) in [5.41, 5.74) is 1.04. The molecule has 0 aliphatic rings. The Hall–Kier alpha value is -2.18. The lowest BCUT2D eigenvalue weighted by atomic mass is 10.2. The number of thiazole rings is 1. The number of benzene rings is 2. The molecule has 0 unspecified atom stereocenters. The Bertz CT molecular complexity index is 882. The monoisotopic (exact) mass is 350 g/mol. The number of hydrogen-bond donors (Lipinski definition) is 1. The summed E-state index contributed by atoms with van der Waals surface area (Å²) in [7, 11) is 0. The van der Waals surface area contributed by atoms with Crippen LogP contribution in [0, 0.1) is 5.82 Å². The van der Waals surface area contributed by atoms with E-state index < -0.39 is 11.7 Å². The molecule has 0 bridgehead atoms. The molecular formula is C16H12ClFN2O2S. The van der Waals surface area contributed by atoms with E-state index in [4.69, 9.17) is 16.3 Å². The average molecular weight is 351 g/mol. The van der Waals surface area contributed by atoms with Crippen LogP contribution in [0.1, 0.15) is 17.3 Å². The molecule has 0 atom stereocenters. The molecule has 1 aromatic heterocycles. The summed E-state index contributed by atoms with van der Waals surface area (Å²) < 4.78 is 19.5. The molecule has 4 nitrogen and oxygen atoms in total. The van der Waals surface area contributed by atoms with Gasteiger partial charge in [-0.3, -0.25) is 10.1 Å². The van der Waals surface area contributed by atoms with Gasteiger partial charge in [0.2, 0.25) is 0 Å². The van der Waals surface area contributed by atoms with Gasteiger partial charge in [-0.25, -0.2) is 9.37 Å². The number of ether oxygens (including phenoxy) is 1. The van der Waals surface area contributed by atoms with E-state index in [0.29, 0.717) is 11.7 Å². The first-order valence-corrected chi connectivity index (χ1v) is 8.06. The number of carbonyl (C=O) groups is 1. The third kappa shape index (κ3) is 3.43. The molecule has 7 heteroatoms. The van der Waals surface area contributed by atoms with E-state index in [9.17, 15) is 9.18 Å². The number of fused-ring (bicyclic) bond motifs is 1. The van der Waals surface area contributed by atoms with Crippen molar-refractivity contribution < 1.29 is 13.9 Å². The smallest absolute Gasteiger partial charge is 0.257 e. The molecule has 1 N–H and O–H groups in total. The minimum Gasteiger partial charge on any atom is -0.494 e. The number of aromatic nitrogens is 1. The molecule has 0 aliphatic carbocycles. The zero-order valence-corrected chi connectivity index (χ0v) is 13.7. The highest BCUT2D eigenvalue weighted by molar-refractivity contribution is 7.22. The van der Waals surface area contributed by atoms with Crippen molar-refractivity contribution in [3.05, 3.63) is 52.8 Å². The summed E-state index contributed by atoms with van der Waals surface area (Å²) >= 11 is 7.03. The van der Waals surface area contributed by atoms with Crippen LogP contribution in [-0.4, -0.2) is 17.5 Å². The van der Waals surface area contributed by atoms with Crippen molar-refractivity contribution in [3.8, 4) is 5.75 Å². The largest absolute Gasteiger partial charge is 0.494 e. The molecule has 0 radical (unpaired) electrons. The molecular weight excluding hydrogens is 339 g/mol. The Labute approximate surface area is 140 Å². The van der Waals surface area contributed by atoms with E-state index in [1.807, 2.05) is 25.1 Å². The molecule has 1 amide bonds.